The molecule has 0 bridgehead atoms. The predicted octanol–water partition coefficient (Wildman–Crippen LogP) is 4.88. The fourth-order valence-electron chi connectivity index (χ4n) is 2.21. The Morgan fingerprint density at radius 1 is 1.02 bits per heavy atom. The molecule has 4 rings (SSSR count). The topological polar surface area (TPSA) is 222 Å². The molecule has 4 aromatic rings. The molecule has 0 aliphatic carbocycles. The maximum absolute atomic E-state index is 12.1. The summed E-state index contributed by atoms with van der Waals surface area (Å²) in [5, 5.41) is 17.4. The van der Waals surface area contributed by atoms with Gasteiger partial charge >= 0.3 is 11.9 Å². The molecule has 0 fully saturated rings. The molecule has 21 heteroatoms. The van der Waals surface area contributed by atoms with Gasteiger partial charge in [-0.1, -0.05) is 33.5 Å². The van der Waals surface area contributed by atoms with Crippen molar-refractivity contribution in [3.8, 4) is 0 Å². The highest BCUT2D eigenvalue weighted by Crippen LogP contribution is 2.30. The lowest BCUT2D eigenvalue weighted by atomic mass is 10.5. The highest BCUT2D eigenvalue weighted by Gasteiger charge is 2.26. The number of hydrogen-bond donors (Lipinski definition) is 3. The molecule has 14 nitrogen and oxygen atoms in total. The Kier molecular flexibility index (Phi) is 8.50. The first-order valence-electron chi connectivity index (χ1n) is 12.4. The zero-order valence-electron chi connectivity index (χ0n) is 25.2. The van der Waals surface area contributed by atoms with E-state index in [1.54, 1.807) is 0 Å². The van der Waals surface area contributed by atoms with E-state index in [0.717, 1.165) is 28.7 Å². The number of carboxylic acids is 1. The van der Waals surface area contributed by atoms with Gasteiger partial charge in [-0.2, -0.15) is 0 Å². The third kappa shape index (κ3) is 8.32. The first-order chi connectivity index (χ1) is 20.9. The predicted molar refractivity (Wildman–Crippen MR) is 148 cm³/mol. The molecular weight excluding hydrogens is 679 g/mol. The number of methoxy groups -OCH3 is 1. The number of aromatic nitrogens is 2. The lowest BCUT2D eigenvalue weighted by Crippen LogP contribution is -2.15. The number of hydrogen-bond acceptors (Lipinski definition) is 14. The van der Waals surface area contributed by atoms with Crippen LogP contribution in [-0.2, 0) is 23.8 Å². The van der Waals surface area contributed by atoms with Crippen LogP contribution in [0.25, 0.3) is 0 Å². The number of sulfonamides is 1. The van der Waals surface area contributed by atoms with Crippen molar-refractivity contribution in [3.63, 3.8) is 0 Å². The molecule has 40 heavy (non-hydrogen) atoms. The molecule has 0 aliphatic rings. The first-order valence-corrected chi connectivity index (χ1v) is 15.7. The molecule has 218 valence electrons. The maximum atomic E-state index is 12.1. The van der Waals surface area contributed by atoms with Crippen molar-refractivity contribution in [1.29, 1.82) is 0 Å². The van der Waals surface area contributed by atoms with Crippen LogP contribution < -0.4 is 10.5 Å². The van der Waals surface area contributed by atoms with Crippen LogP contribution in [0.3, 0.4) is 0 Å². The summed E-state index contributed by atoms with van der Waals surface area (Å²) in [5.74, 6) is -2.88. The Balaban J connectivity index is 0.000000261. The van der Waals surface area contributed by atoms with E-state index in [9.17, 15) is 26.4 Å². The number of carbonyl (C=O) groups is 2. The molecule has 4 aromatic heterocycles. The van der Waals surface area contributed by atoms with Crippen LogP contribution in [0.1, 0.15) is 39.0 Å². The number of carboxylic acid groups (broad SMARTS) is 1. The van der Waals surface area contributed by atoms with Crippen molar-refractivity contribution in [1.82, 2.24) is 10.3 Å². The quantitative estimate of drug-likeness (QED) is 0.180. The van der Waals surface area contributed by atoms with Gasteiger partial charge in [0.05, 0.1) is 7.11 Å². The Bertz CT molecular complexity index is 1940. The highest BCUT2D eigenvalue weighted by molar-refractivity contribution is 8.13. The van der Waals surface area contributed by atoms with E-state index < -0.39 is 71.1 Å². The summed E-state index contributed by atoms with van der Waals surface area (Å²) < 4.78 is 103. The van der Waals surface area contributed by atoms with E-state index in [1.165, 1.54) is 23.9 Å². The van der Waals surface area contributed by atoms with Crippen LogP contribution in [0.15, 0.2) is 41.7 Å². The Hall–Kier alpha value is -2.87. The number of nitrogens with one attached hydrogen (secondary N) is 1. The molecule has 0 saturated heterocycles. The summed E-state index contributed by atoms with van der Waals surface area (Å²) in [6, 6.07) is 2.35. The molecule has 0 radical (unpaired) electrons. The van der Waals surface area contributed by atoms with E-state index in [-0.39, 0.29) is 26.4 Å². The summed E-state index contributed by atoms with van der Waals surface area (Å²) in [6.07, 6.45) is 0. The lowest BCUT2D eigenvalue weighted by molar-refractivity contribution is 0.0601. The van der Waals surface area contributed by atoms with Crippen molar-refractivity contribution in [3.05, 3.63) is 54.1 Å². The van der Waals surface area contributed by atoms with Crippen molar-refractivity contribution in [2.45, 2.75) is 23.5 Å². The van der Waals surface area contributed by atoms with Gasteiger partial charge in [-0.15, -0.1) is 22.7 Å². The molecular formula is C19H17Cl3N4O10S4. The number of aromatic carboxylic acids is 1. The molecule has 0 amide bonds. The van der Waals surface area contributed by atoms with Crippen LogP contribution in [0, 0.1) is 13.7 Å². The lowest BCUT2D eigenvalue weighted by Gasteiger charge is -2.04. The molecule has 0 unspecified atom stereocenters. The Morgan fingerprint density at radius 3 is 2.02 bits per heavy atom. The zero-order valence-corrected chi connectivity index (χ0v) is 24.7. The number of aryl methyl sites for hydroxylation is 2. The van der Waals surface area contributed by atoms with E-state index in [0.29, 0.717) is 0 Å². The Labute approximate surface area is 257 Å². The summed E-state index contributed by atoms with van der Waals surface area (Å²) >= 11 is 12.9. The fourth-order valence-corrected chi connectivity index (χ4v) is 7.03. The van der Waals surface area contributed by atoms with Gasteiger partial charge in [0.15, 0.2) is 0 Å². The zero-order chi connectivity index (χ0) is 35.4. The second-order valence-electron chi connectivity index (χ2n) is 6.45. The van der Waals surface area contributed by atoms with Crippen LogP contribution >= 0.6 is 56.6 Å². The van der Waals surface area contributed by atoms with Gasteiger partial charge in [-0.25, -0.2) is 31.1 Å². The van der Waals surface area contributed by atoms with Crippen LogP contribution in [0.2, 0.25) is 10.0 Å². The average Bonchev–Trinajstić information content (AvgIpc) is 3.71. The SMILES string of the molecule is COC(=O)c1sccc1S(=O)(=O)Cl.[2H]C([2H])([2H])c1noc(N)c1Cl.[2H]C([2H])([2H])c1noc(NS(=O)(=O)c2ccsc2C(=O)O)c1Cl. The first kappa shape index (κ1) is 24.9. The summed E-state index contributed by atoms with van der Waals surface area (Å²) in [4.78, 5) is 20.9. The number of halogens is 3. The highest BCUT2D eigenvalue weighted by atomic mass is 35.7. The third-order valence-corrected chi connectivity index (χ3v) is 9.41. The summed E-state index contributed by atoms with van der Waals surface area (Å²) in [6.45, 7) is -5.04. The van der Waals surface area contributed by atoms with Crippen LogP contribution in [-0.4, -0.2) is 51.3 Å². The minimum absolute atomic E-state index is 0.00231. The number of rotatable bonds is 6. The largest absolute Gasteiger partial charge is 0.477 e. The van der Waals surface area contributed by atoms with Gasteiger partial charge in [-0.05, 0) is 36.6 Å². The molecule has 4 N–H and O–H groups in total. The van der Waals surface area contributed by atoms with E-state index in [4.69, 9.17) is 52.9 Å². The molecule has 0 aromatic carbocycles. The second-order valence-corrected chi connectivity index (χ2v) is 13.2. The van der Waals surface area contributed by atoms with Gasteiger partial charge in [0, 0.05) is 18.9 Å². The van der Waals surface area contributed by atoms with Crippen molar-refractivity contribution >= 4 is 99.3 Å². The summed E-state index contributed by atoms with van der Waals surface area (Å²) in [7, 11) is -1.94. The van der Waals surface area contributed by atoms with Crippen LogP contribution in [0.5, 0.6) is 0 Å². The number of esters is 1. The summed E-state index contributed by atoms with van der Waals surface area (Å²) in [5.41, 5.74) is 4.23. The van der Waals surface area contributed by atoms with Gasteiger partial charge in [0.2, 0.25) is 5.88 Å². The van der Waals surface area contributed by atoms with Crippen molar-refractivity contribution in [2.75, 3.05) is 17.6 Å². The average molecular weight is 702 g/mol. The molecule has 0 saturated carbocycles. The molecule has 0 aliphatic heterocycles. The Morgan fingerprint density at radius 2 is 1.57 bits per heavy atom. The molecule has 0 atom stereocenters. The fraction of sp³-hybridized carbons (Fsp3) is 0.158. The van der Waals surface area contributed by atoms with Gasteiger partial charge in [-0.3, -0.25) is 0 Å². The van der Waals surface area contributed by atoms with E-state index >= 15 is 0 Å². The number of anilines is 2. The number of nitrogens with zero attached hydrogens (tertiary/aromatic N) is 2. The number of carbonyl (C=O) groups excluding carboxylic acids is 1. The number of nitrogens with two attached hydrogens (primary N) is 1. The number of ether oxygens (including phenoxy) is 1. The third-order valence-electron chi connectivity index (χ3n) is 3.90. The number of thiophene rings is 2. The minimum Gasteiger partial charge on any atom is -0.477 e. The van der Waals surface area contributed by atoms with Crippen molar-refractivity contribution in [2.24, 2.45) is 0 Å². The smallest absolute Gasteiger partial charge is 0.349 e. The molecule has 4 heterocycles. The van der Waals surface area contributed by atoms with E-state index in [2.05, 4.69) is 24.1 Å². The van der Waals surface area contributed by atoms with Crippen LogP contribution in [0.4, 0.5) is 11.8 Å². The number of nitrogen functional groups attached to an aromatic ring is 1. The monoisotopic (exact) mass is 700 g/mol. The molecule has 0 spiro atoms. The normalized spacial score (nSPS) is 13.9. The minimum atomic E-state index is -4.32. The van der Waals surface area contributed by atoms with Crippen molar-refractivity contribution < 1.29 is 53.5 Å². The second kappa shape index (κ2) is 13.7. The maximum Gasteiger partial charge on any atom is 0.349 e. The van der Waals surface area contributed by atoms with E-state index in [1.807, 2.05) is 4.72 Å². The standard InChI is InChI=1S/C9H7ClN2O5S2.C6H5ClO4S2.C4H5ClN2O/c1-4-6(10)8(17-11-4)12-19(15,16)5-2-3-18-7(5)9(13)14;1-11-6(8)5-4(2-3-12-5)13(7,9)10;1-2-3(5)4(6)8-7-2/h2-3,12H,1H3,(H,13,14);2-3H,1H3;6H2,1H3/i1D3;;1D3. The van der Waals surface area contributed by atoms with Gasteiger partial charge in [0.25, 0.3) is 25.0 Å². The van der Waals surface area contributed by atoms with Gasteiger partial charge < -0.3 is 24.6 Å². The van der Waals surface area contributed by atoms with Gasteiger partial charge in [0.1, 0.15) is 41.0 Å².